The molecule has 0 bridgehead atoms. The second-order valence-electron chi connectivity index (χ2n) is 8.21. The summed E-state index contributed by atoms with van der Waals surface area (Å²) in [5.74, 6) is 1.62. The Morgan fingerprint density at radius 2 is 2.00 bits per heavy atom. The van der Waals surface area contributed by atoms with E-state index >= 15 is 0 Å². The van der Waals surface area contributed by atoms with Crippen LogP contribution in [-0.4, -0.2) is 43.7 Å². The second-order valence-corrected chi connectivity index (χ2v) is 8.21. The average molecular weight is 360 g/mol. The molecule has 0 spiro atoms. The number of nitrogens with zero attached hydrogens (tertiary/aromatic N) is 1. The Morgan fingerprint density at radius 1 is 1.27 bits per heavy atom. The van der Waals surface area contributed by atoms with E-state index in [9.17, 15) is 4.79 Å². The average Bonchev–Trinajstić information content (AvgIpc) is 2.68. The molecule has 3 rings (SSSR count). The normalized spacial score (nSPS) is 26.8. The van der Waals surface area contributed by atoms with Crippen LogP contribution in [0.4, 0.5) is 0 Å². The lowest BCUT2D eigenvalue weighted by Crippen LogP contribution is -2.46. The van der Waals surface area contributed by atoms with Gasteiger partial charge in [-0.05, 0) is 44.1 Å². The molecular weight excluding hydrogens is 326 g/mol. The third-order valence-corrected chi connectivity index (χ3v) is 6.12. The molecule has 26 heavy (non-hydrogen) atoms. The molecule has 2 aliphatic heterocycles. The number of amides is 1. The van der Waals surface area contributed by atoms with Gasteiger partial charge in [-0.15, -0.1) is 0 Å². The maximum atomic E-state index is 13.2. The van der Waals surface area contributed by atoms with Gasteiger partial charge in [0.1, 0.15) is 5.75 Å². The molecule has 2 fully saturated rings. The fourth-order valence-corrected chi connectivity index (χ4v) is 4.51. The summed E-state index contributed by atoms with van der Waals surface area (Å²) in [5, 5.41) is 0. The molecule has 1 aromatic rings. The number of carbonyl (C=O) groups is 1. The molecule has 2 heterocycles. The largest absolute Gasteiger partial charge is 0.496 e. The first-order valence-electron chi connectivity index (χ1n) is 10.1. The van der Waals surface area contributed by atoms with Crippen molar-refractivity contribution < 1.29 is 14.3 Å². The molecule has 2 aliphatic rings. The van der Waals surface area contributed by atoms with Gasteiger partial charge in [-0.1, -0.05) is 32.0 Å². The molecule has 0 aliphatic carbocycles. The molecular formula is C22H33NO3. The third-order valence-electron chi connectivity index (χ3n) is 6.12. The van der Waals surface area contributed by atoms with Crippen LogP contribution in [0.2, 0.25) is 0 Å². The summed E-state index contributed by atoms with van der Waals surface area (Å²) in [4.78, 5) is 15.2. The predicted octanol–water partition coefficient (Wildman–Crippen LogP) is 4.17. The van der Waals surface area contributed by atoms with Crippen LogP contribution < -0.4 is 4.74 Å². The number of methoxy groups -OCH3 is 1. The van der Waals surface area contributed by atoms with Crippen LogP contribution in [0.25, 0.3) is 0 Å². The zero-order chi connectivity index (χ0) is 18.6. The fraction of sp³-hybridized carbons (Fsp3) is 0.682. The van der Waals surface area contributed by atoms with Gasteiger partial charge in [0.15, 0.2) is 0 Å². The molecule has 1 amide bonds. The monoisotopic (exact) mass is 359 g/mol. The summed E-state index contributed by atoms with van der Waals surface area (Å²) in [7, 11) is 1.72. The van der Waals surface area contributed by atoms with E-state index in [-0.39, 0.29) is 11.5 Å². The first-order valence-corrected chi connectivity index (χ1v) is 10.1. The minimum absolute atomic E-state index is 0.183. The van der Waals surface area contributed by atoms with Crippen LogP contribution in [0.3, 0.4) is 0 Å². The lowest BCUT2D eigenvalue weighted by atomic mass is 9.68. The first-order chi connectivity index (χ1) is 12.6. The maximum absolute atomic E-state index is 13.2. The smallest absolute Gasteiger partial charge is 0.223 e. The zero-order valence-corrected chi connectivity index (χ0v) is 16.5. The lowest BCUT2D eigenvalue weighted by Gasteiger charge is -2.44. The summed E-state index contributed by atoms with van der Waals surface area (Å²) in [6.45, 7) is 6.93. The van der Waals surface area contributed by atoms with Gasteiger partial charge in [-0.25, -0.2) is 0 Å². The van der Waals surface area contributed by atoms with Gasteiger partial charge in [0, 0.05) is 37.1 Å². The minimum atomic E-state index is -0.200. The van der Waals surface area contributed by atoms with E-state index in [1.807, 2.05) is 12.1 Å². The Balaban J connectivity index is 1.92. The molecule has 0 aromatic heterocycles. The van der Waals surface area contributed by atoms with Crippen LogP contribution >= 0.6 is 0 Å². The van der Waals surface area contributed by atoms with Crippen molar-refractivity contribution in [2.24, 2.45) is 5.92 Å². The summed E-state index contributed by atoms with van der Waals surface area (Å²) in [5.41, 5.74) is 0.968. The van der Waals surface area contributed by atoms with Gasteiger partial charge in [0.2, 0.25) is 5.91 Å². The Labute approximate surface area is 157 Å². The topological polar surface area (TPSA) is 38.8 Å². The molecule has 2 saturated heterocycles. The Kier molecular flexibility index (Phi) is 6.23. The lowest BCUT2D eigenvalue weighted by molar-refractivity contribution is -0.135. The zero-order valence-electron chi connectivity index (χ0n) is 16.5. The van der Waals surface area contributed by atoms with E-state index < -0.39 is 0 Å². The van der Waals surface area contributed by atoms with Crippen molar-refractivity contribution in [1.82, 2.24) is 4.90 Å². The summed E-state index contributed by atoms with van der Waals surface area (Å²) in [6.07, 6.45) is 5.99. The maximum Gasteiger partial charge on any atom is 0.223 e. The van der Waals surface area contributed by atoms with Crippen LogP contribution in [0.5, 0.6) is 5.75 Å². The number of hydrogen-bond acceptors (Lipinski definition) is 3. The van der Waals surface area contributed by atoms with Crippen LogP contribution in [0.1, 0.15) is 57.9 Å². The van der Waals surface area contributed by atoms with Crippen molar-refractivity contribution in [2.45, 2.75) is 63.9 Å². The van der Waals surface area contributed by atoms with E-state index in [1.54, 1.807) is 7.11 Å². The first kappa shape index (κ1) is 19.2. The number of carbonyl (C=O) groups excluding carboxylic acids is 1. The van der Waals surface area contributed by atoms with Gasteiger partial charge in [-0.2, -0.15) is 0 Å². The summed E-state index contributed by atoms with van der Waals surface area (Å²) < 4.78 is 11.7. The SMILES string of the molecule is COc1ccccc1C1(CC(=O)N2CCCCC2)CCOC(C(C)C)C1. The second kappa shape index (κ2) is 8.43. The fourth-order valence-electron chi connectivity index (χ4n) is 4.51. The molecule has 144 valence electrons. The molecule has 1 aromatic carbocycles. The van der Waals surface area contributed by atoms with Crippen molar-refractivity contribution in [2.75, 3.05) is 26.8 Å². The molecule has 2 unspecified atom stereocenters. The standard InChI is InChI=1S/C22H33NO3/c1-17(2)20-15-22(11-14-26-20,18-9-5-6-10-19(18)25-3)16-21(24)23-12-7-4-8-13-23/h5-6,9-10,17,20H,4,7-8,11-16H2,1-3H3. The minimum Gasteiger partial charge on any atom is -0.496 e. The number of ether oxygens (including phenoxy) is 2. The highest BCUT2D eigenvalue weighted by atomic mass is 16.5. The van der Waals surface area contributed by atoms with Gasteiger partial charge in [-0.3, -0.25) is 4.79 Å². The van der Waals surface area contributed by atoms with Crippen LogP contribution in [0.15, 0.2) is 24.3 Å². The van der Waals surface area contributed by atoms with Gasteiger partial charge < -0.3 is 14.4 Å². The highest BCUT2D eigenvalue weighted by molar-refractivity contribution is 5.78. The van der Waals surface area contributed by atoms with Crippen molar-refractivity contribution in [3.05, 3.63) is 29.8 Å². The Hall–Kier alpha value is -1.55. The number of rotatable bonds is 5. The number of benzene rings is 1. The third kappa shape index (κ3) is 4.06. The van der Waals surface area contributed by atoms with E-state index in [1.165, 1.54) is 12.0 Å². The molecule has 4 nitrogen and oxygen atoms in total. The quantitative estimate of drug-likeness (QED) is 0.792. The predicted molar refractivity (Wildman–Crippen MR) is 104 cm³/mol. The van der Waals surface area contributed by atoms with Gasteiger partial charge >= 0.3 is 0 Å². The van der Waals surface area contributed by atoms with E-state index in [2.05, 4.69) is 30.9 Å². The number of piperidine rings is 1. The molecule has 0 radical (unpaired) electrons. The molecule has 0 saturated carbocycles. The molecule has 4 heteroatoms. The molecule has 0 N–H and O–H groups in total. The van der Waals surface area contributed by atoms with Crippen molar-refractivity contribution >= 4 is 5.91 Å². The Bertz CT molecular complexity index is 609. The molecule has 2 atom stereocenters. The van der Waals surface area contributed by atoms with Crippen LogP contribution in [0, 0.1) is 5.92 Å². The number of hydrogen-bond donors (Lipinski definition) is 0. The van der Waals surface area contributed by atoms with Crippen molar-refractivity contribution in [3.8, 4) is 5.75 Å². The van der Waals surface area contributed by atoms with Gasteiger partial charge in [0.25, 0.3) is 0 Å². The number of para-hydroxylation sites is 1. The highest BCUT2D eigenvalue weighted by Gasteiger charge is 2.43. The van der Waals surface area contributed by atoms with Crippen molar-refractivity contribution in [3.63, 3.8) is 0 Å². The van der Waals surface area contributed by atoms with E-state index in [0.29, 0.717) is 24.9 Å². The van der Waals surface area contributed by atoms with Crippen LogP contribution in [-0.2, 0) is 14.9 Å². The Morgan fingerprint density at radius 3 is 2.69 bits per heavy atom. The van der Waals surface area contributed by atoms with E-state index in [0.717, 1.165) is 44.5 Å². The highest BCUT2D eigenvalue weighted by Crippen LogP contribution is 2.45. The van der Waals surface area contributed by atoms with Crippen molar-refractivity contribution in [1.29, 1.82) is 0 Å². The summed E-state index contributed by atoms with van der Waals surface area (Å²) >= 11 is 0. The van der Waals surface area contributed by atoms with Gasteiger partial charge in [0.05, 0.1) is 13.2 Å². The number of likely N-dealkylation sites (tertiary alicyclic amines) is 1. The summed E-state index contributed by atoms with van der Waals surface area (Å²) in [6, 6.07) is 8.22. The van der Waals surface area contributed by atoms with E-state index in [4.69, 9.17) is 9.47 Å².